The van der Waals surface area contributed by atoms with Crippen LogP contribution in [0.4, 0.5) is 0 Å². The number of hydrogen-bond acceptors (Lipinski definition) is 1. The van der Waals surface area contributed by atoms with Crippen LogP contribution in [-0.4, -0.2) is 5.11 Å². The molecule has 0 unspecified atom stereocenters. The first-order chi connectivity index (χ1) is 9.75. The molecule has 0 aliphatic heterocycles. The summed E-state index contributed by atoms with van der Waals surface area (Å²) in [6.07, 6.45) is 0. The zero-order chi connectivity index (χ0) is 13.9. The third-order valence-electron chi connectivity index (χ3n) is 3.52. The van der Waals surface area contributed by atoms with Gasteiger partial charge in [-0.25, -0.2) is 0 Å². The molecule has 1 nitrogen and oxygen atoms in total. The van der Waals surface area contributed by atoms with Crippen molar-refractivity contribution in [2.45, 2.75) is 6.92 Å². The van der Waals surface area contributed by atoms with Gasteiger partial charge in [-0.2, -0.15) is 0 Å². The summed E-state index contributed by atoms with van der Waals surface area (Å²) in [5, 5.41) is 10.2. The van der Waals surface area contributed by atoms with Crippen LogP contribution in [0.5, 0.6) is 5.75 Å². The number of hydrogen-bond donors (Lipinski definition) is 1. The van der Waals surface area contributed by atoms with Gasteiger partial charge < -0.3 is 5.11 Å². The van der Waals surface area contributed by atoms with Gasteiger partial charge in [0.05, 0.1) is 0 Å². The van der Waals surface area contributed by atoms with E-state index in [0.717, 1.165) is 22.3 Å². The van der Waals surface area contributed by atoms with E-state index in [1.54, 1.807) is 0 Å². The summed E-state index contributed by atoms with van der Waals surface area (Å²) in [6.45, 7) is 1.92. The van der Waals surface area contributed by atoms with Gasteiger partial charge in [-0.15, -0.1) is 0 Å². The van der Waals surface area contributed by atoms with Gasteiger partial charge in [0.15, 0.2) is 0 Å². The summed E-state index contributed by atoms with van der Waals surface area (Å²) in [5.41, 5.74) is 5.15. The molecule has 0 saturated heterocycles. The summed E-state index contributed by atoms with van der Waals surface area (Å²) in [7, 11) is 0. The molecule has 0 spiro atoms. The number of rotatable bonds is 2. The van der Waals surface area contributed by atoms with Crippen molar-refractivity contribution in [3.8, 4) is 28.0 Å². The van der Waals surface area contributed by atoms with Gasteiger partial charge in [0, 0.05) is 5.56 Å². The van der Waals surface area contributed by atoms with Crippen LogP contribution in [0.2, 0.25) is 0 Å². The maximum Gasteiger partial charge on any atom is 0.126 e. The molecule has 0 radical (unpaired) electrons. The predicted octanol–water partition coefficient (Wildman–Crippen LogP) is 5.03. The SMILES string of the molecule is Cc1cccc(-c2cccc(-c3ccccc3)c2)c1O. The van der Waals surface area contributed by atoms with Crippen LogP contribution in [0, 0.1) is 6.92 Å². The highest BCUT2D eigenvalue weighted by Crippen LogP contribution is 2.33. The zero-order valence-electron chi connectivity index (χ0n) is 11.4. The minimum absolute atomic E-state index is 0.359. The molecule has 3 rings (SSSR count). The zero-order valence-corrected chi connectivity index (χ0v) is 11.4. The quantitative estimate of drug-likeness (QED) is 0.684. The Morgan fingerprint density at radius 2 is 1.30 bits per heavy atom. The normalized spacial score (nSPS) is 10.4. The van der Waals surface area contributed by atoms with Crippen molar-refractivity contribution in [3.63, 3.8) is 0 Å². The first kappa shape index (κ1) is 12.5. The number of aromatic hydroxyl groups is 1. The van der Waals surface area contributed by atoms with Crippen LogP contribution in [0.1, 0.15) is 5.56 Å². The molecule has 0 atom stereocenters. The maximum atomic E-state index is 10.2. The minimum atomic E-state index is 0.359. The molecule has 1 N–H and O–H groups in total. The van der Waals surface area contributed by atoms with E-state index in [-0.39, 0.29) is 0 Å². The predicted molar refractivity (Wildman–Crippen MR) is 83.7 cm³/mol. The van der Waals surface area contributed by atoms with Crippen molar-refractivity contribution in [1.82, 2.24) is 0 Å². The van der Waals surface area contributed by atoms with E-state index in [1.807, 2.05) is 55.5 Å². The van der Waals surface area contributed by atoms with Crippen LogP contribution in [-0.2, 0) is 0 Å². The van der Waals surface area contributed by atoms with Gasteiger partial charge in [-0.1, -0.05) is 66.7 Å². The highest BCUT2D eigenvalue weighted by atomic mass is 16.3. The van der Waals surface area contributed by atoms with Crippen LogP contribution in [0.15, 0.2) is 72.8 Å². The van der Waals surface area contributed by atoms with Crippen LogP contribution >= 0.6 is 0 Å². The van der Waals surface area contributed by atoms with Crippen LogP contribution in [0.3, 0.4) is 0 Å². The molecule has 0 aliphatic rings. The van der Waals surface area contributed by atoms with Crippen LogP contribution < -0.4 is 0 Å². The van der Waals surface area contributed by atoms with Gasteiger partial charge in [0.25, 0.3) is 0 Å². The second-order valence-corrected chi connectivity index (χ2v) is 4.92. The molecular formula is C19H16O. The van der Waals surface area contributed by atoms with E-state index in [4.69, 9.17) is 0 Å². The highest BCUT2D eigenvalue weighted by Gasteiger charge is 2.07. The Morgan fingerprint density at radius 3 is 2.10 bits per heavy atom. The molecule has 0 heterocycles. The van der Waals surface area contributed by atoms with E-state index in [1.165, 1.54) is 5.56 Å². The first-order valence-electron chi connectivity index (χ1n) is 6.70. The number of benzene rings is 3. The average molecular weight is 260 g/mol. The Kier molecular flexibility index (Phi) is 3.26. The Hall–Kier alpha value is -2.54. The largest absolute Gasteiger partial charge is 0.507 e. The molecule has 0 aliphatic carbocycles. The molecule has 98 valence electrons. The number of phenols is 1. The average Bonchev–Trinajstić information content (AvgIpc) is 2.51. The highest BCUT2D eigenvalue weighted by molar-refractivity contribution is 5.76. The Labute approximate surface area is 119 Å². The molecule has 0 bridgehead atoms. The third kappa shape index (κ3) is 2.30. The van der Waals surface area contributed by atoms with Gasteiger partial charge in [-0.05, 0) is 35.2 Å². The van der Waals surface area contributed by atoms with E-state index in [2.05, 4.69) is 24.3 Å². The monoisotopic (exact) mass is 260 g/mol. The molecule has 0 saturated carbocycles. The second-order valence-electron chi connectivity index (χ2n) is 4.92. The second kappa shape index (κ2) is 5.22. The standard InChI is InChI=1S/C19H16O/c1-14-7-5-12-18(19(14)20)17-11-6-10-16(13-17)15-8-3-2-4-9-15/h2-13,20H,1H3. The van der Waals surface area contributed by atoms with Crippen molar-refractivity contribution in [2.75, 3.05) is 0 Å². The first-order valence-corrected chi connectivity index (χ1v) is 6.70. The Balaban J connectivity index is 2.10. The summed E-state index contributed by atoms with van der Waals surface area (Å²) in [4.78, 5) is 0. The molecule has 3 aromatic rings. The lowest BCUT2D eigenvalue weighted by atomic mass is 9.97. The lowest BCUT2D eigenvalue weighted by Gasteiger charge is -2.09. The minimum Gasteiger partial charge on any atom is -0.507 e. The van der Waals surface area contributed by atoms with Crippen LogP contribution in [0.25, 0.3) is 22.3 Å². The third-order valence-corrected chi connectivity index (χ3v) is 3.52. The molecule has 0 amide bonds. The van der Waals surface area contributed by atoms with Crippen molar-refractivity contribution in [1.29, 1.82) is 0 Å². The maximum absolute atomic E-state index is 10.2. The summed E-state index contributed by atoms with van der Waals surface area (Å²) >= 11 is 0. The van der Waals surface area contributed by atoms with Crippen molar-refractivity contribution >= 4 is 0 Å². The molecule has 0 fully saturated rings. The molecule has 20 heavy (non-hydrogen) atoms. The summed E-state index contributed by atoms with van der Waals surface area (Å²) in [6, 6.07) is 24.4. The van der Waals surface area contributed by atoms with E-state index in [0.29, 0.717) is 5.75 Å². The summed E-state index contributed by atoms with van der Waals surface area (Å²) in [5.74, 6) is 0.359. The van der Waals surface area contributed by atoms with Crippen molar-refractivity contribution < 1.29 is 5.11 Å². The molecule has 3 aromatic carbocycles. The van der Waals surface area contributed by atoms with Gasteiger partial charge >= 0.3 is 0 Å². The molecule has 1 heteroatoms. The number of aryl methyl sites for hydroxylation is 1. The van der Waals surface area contributed by atoms with E-state index in [9.17, 15) is 5.11 Å². The lowest BCUT2D eigenvalue weighted by molar-refractivity contribution is 0.473. The Morgan fingerprint density at radius 1 is 0.650 bits per heavy atom. The molecule has 0 aromatic heterocycles. The van der Waals surface area contributed by atoms with E-state index < -0.39 is 0 Å². The topological polar surface area (TPSA) is 20.2 Å². The van der Waals surface area contributed by atoms with Crippen molar-refractivity contribution in [2.24, 2.45) is 0 Å². The Bertz CT molecular complexity index is 730. The van der Waals surface area contributed by atoms with Crippen molar-refractivity contribution in [3.05, 3.63) is 78.4 Å². The summed E-state index contributed by atoms with van der Waals surface area (Å²) < 4.78 is 0. The smallest absolute Gasteiger partial charge is 0.126 e. The van der Waals surface area contributed by atoms with E-state index >= 15 is 0 Å². The fourth-order valence-electron chi connectivity index (χ4n) is 2.39. The van der Waals surface area contributed by atoms with Gasteiger partial charge in [0.2, 0.25) is 0 Å². The van der Waals surface area contributed by atoms with Gasteiger partial charge in [-0.3, -0.25) is 0 Å². The fourth-order valence-corrected chi connectivity index (χ4v) is 2.39. The number of phenolic OH excluding ortho intramolecular Hbond substituents is 1. The molecular weight excluding hydrogens is 244 g/mol. The fraction of sp³-hybridized carbons (Fsp3) is 0.0526. The van der Waals surface area contributed by atoms with Gasteiger partial charge in [0.1, 0.15) is 5.75 Å². The number of para-hydroxylation sites is 1. The lowest BCUT2D eigenvalue weighted by Crippen LogP contribution is -1.84.